The van der Waals surface area contributed by atoms with E-state index in [-0.39, 0.29) is 33.2 Å². The topological polar surface area (TPSA) is 39.8 Å². The Labute approximate surface area is 260 Å². The minimum atomic E-state index is -0.788. The Morgan fingerprint density at radius 1 is 0.349 bits per heavy atom. The molecule has 2 radical (unpaired) electrons. The van der Waals surface area contributed by atoms with Crippen molar-refractivity contribution in [1.82, 2.24) is 0 Å². The van der Waals surface area contributed by atoms with Gasteiger partial charge in [0.25, 0.3) is 0 Å². The van der Waals surface area contributed by atoms with E-state index >= 15 is 0 Å². The number of hydrogen-bond acceptors (Lipinski definition) is 0. The predicted molar refractivity (Wildman–Crippen MR) is 180 cm³/mol. The van der Waals surface area contributed by atoms with E-state index in [1.165, 1.54) is 0 Å². The molecule has 4 aromatic rings. The van der Waals surface area contributed by atoms with Crippen LogP contribution in [0.2, 0.25) is 0 Å². The molecule has 0 aliphatic rings. The fraction of sp³-hybridized carbons (Fsp3) is 0.415. The lowest BCUT2D eigenvalue weighted by Gasteiger charge is -2.40. The highest BCUT2D eigenvalue weighted by atomic mass is 16.3. The van der Waals surface area contributed by atoms with Crippen molar-refractivity contribution in [1.29, 1.82) is 0 Å². The molecule has 0 unspecified atom stereocenters. The molecule has 0 bridgehead atoms. The van der Waals surface area contributed by atoms with Crippen molar-refractivity contribution >= 4 is 0 Å². The molecule has 2 heteroatoms. The summed E-state index contributed by atoms with van der Waals surface area (Å²) in [6.45, 7) is 25.4. The van der Waals surface area contributed by atoms with Crippen molar-refractivity contribution in [3.05, 3.63) is 129 Å². The Bertz CT molecular complexity index is 1390. The van der Waals surface area contributed by atoms with Crippen molar-refractivity contribution in [3.63, 3.8) is 0 Å². The van der Waals surface area contributed by atoms with Gasteiger partial charge >= 0.3 is 0 Å². The molecule has 0 saturated carbocycles. The van der Waals surface area contributed by atoms with E-state index < -0.39 is 5.41 Å². The summed E-state index contributed by atoms with van der Waals surface area (Å²) in [5.41, 5.74) is 5.25. The van der Waals surface area contributed by atoms with Gasteiger partial charge in [0.15, 0.2) is 11.5 Å². The molecule has 43 heavy (non-hydrogen) atoms. The summed E-state index contributed by atoms with van der Waals surface area (Å²) in [6.07, 6.45) is 0. The van der Waals surface area contributed by atoms with Crippen LogP contribution in [0.1, 0.15) is 128 Å². The standard InChI is InChI=1S/C41H50O2/c1-37(2,3)31-23-29(24-32(35(31)42)38(4,5)6)41(27-19-15-13-16-20-27,28-21-17-14-18-22-28)30-25-33(39(7,8)9)36(43)34(26-30)40(10,11)12/h13-26H,1-12H3. The van der Waals surface area contributed by atoms with Crippen LogP contribution < -0.4 is 0 Å². The maximum absolute atomic E-state index is 14.1. The fourth-order valence-corrected chi connectivity index (χ4v) is 6.30. The molecule has 0 aliphatic carbocycles. The van der Waals surface area contributed by atoms with E-state index in [4.69, 9.17) is 0 Å². The smallest absolute Gasteiger partial charge is 0.186 e. The minimum Gasteiger partial charge on any atom is -0.289 e. The third-order valence-corrected chi connectivity index (χ3v) is 8.69. The van der Waals surface area contributed by atoms with E-state index in [1.807, 2.05) is 12.1 Å². The van der Waals surface area contributed by atoms with E-state index in [9.17, 15) is 10.2 Å². The van der Waals surface area contributed by atoms with Gasteiger partial charge in [0.05, 0.1) is 5.41 Å². The first kappa shape index (κ1) is 32.4. The predicted octanol–water partition coefficient (Wildman–Crippen LogP) is 11.5. The van der Waals surface area contributed by atoms with Gasteiger partial charge in [-0.3, -0.25) is 10.2 Å². The second-order valence-electron chi connectivity index (χ2n) is 16.3. The molecule has 0 aromatic heterocycles. The van der Waals surface area contributed by atoms with Gasteiger partial charge in [-0.2, -0.15) is 0 Å². The van der Waals surface area contributed by atoms with Crippen LogP contribution in [0.25, 0.3) is 0 Å². The summed E-state index contributed by atoms with van der Waals surface area (Å²) in [4.78, 5) is 0. The van der Waals surface area contributed by atoms with Gasteiger partial charge in [0, 0.05) is 22.3 Å². The maximum Gasteiger partial charge on any atom is 0.186 e. The highest BCUT2D eigenvalue weighted by molar-refractivity contribution is 5.66. The second kappa shape index (κ2) is 10.9. The Hall–Kier alpha value is -3.52. The van der Waals surface area contributed by atoms with Crippen LogP contribution in [0.4, 0.5) is 0 Å². The molecule has 2 nitrogen and oxygen atoms in total. The molecule has 4 aromatic carbocycles. The van der Waals surface area contributed by atoms with E-state index in [0.717, 1.165) is 44.5 Å². The highest BCUT2D eigenvalue weighted by Gasteiger charge is 2.43. The van der Waals surface area contributed by atoms with Crippen molar-refractivity contribution in [2.75, 3.05) is 0 Å². The highest BCUT2D eigenvalue weighted by Crippen LogP contribution is 2.52. The molecule has 0 N–H and O–H groups in total. The summed E-state index contributed by atoms with van der Waals surface area (Å²) >= 11 is 0. The SMILES string of the molecule is CC(C)(C)c1cc(C(c2ccccc2)(c2ccccc2)c2cc(C(C)(C)C)c([O])c(C(C)(C)C)c2)cc(C(C)(C)C)c1[O]. The lowest BCUT2D eigenvalue weighted by atomic mass is 9.62. The first-order valence-corrected chi connectivity index (χ1v) is 15.5. The van der Waals surface area contributed by atoms with E-state index in [0.29, 0.717) is 0 Å². The second-order valence-corrected chi connectivity index (χ2v) is 16.3. The first-order chi connectivity index (χ1) is 19.7. The number of rotatable bonds is 4. The average Bonchev–Trinajstić information content (AvgIpc) is 2.89. The van der Waals surface area contributed by atoms with Gasteiger partial charge in [-0.1, -0.05) is 144 Å². The molecule has 0 saturated heterocycles. The van der Waals surface area contributed by atoms with Crippen LogP contribution in [-0.2, 0) is 37.3 Å². The normalized spacial score (nSPS) is 13.3. The Morgan fingerprint density at radius 3 is 0.791 bits per heavy atom. The molecular formula is C41H50O2. The molecule has 226 valence electrons. The van der Waals surface area contributed by atoms with Gasteiger partial charge in [0.1, 0.15) is 0 Å². The molecule has 0 atom stereocenters. The number of hydrogen-bond donors (Lipinski definition) is 0. The molecule has 0 fully saturated rings. The average molecular weight is 575 g/mol. The third kappa shape index (κ3) is 5.99. The zero-order valence-electron chi connectivity index (χ0n) is 28.4. The zero-order valence-corrected chi connectivity index (χ0v) is 28.4. The first-order valence-electron chi connectivity index (χ1n) is 15.5. The lowest BCUT2D eigenvalue weighted by Crippen LogP contribution is -2.33. The largest absolute Gasteiger partial charge is 0.289 e. The van der Waals surface area contributed by atoms with Crippen LogP contribution in [0.5, 0.6) is 11.5 Å². The molecular weight excluding hydrogens is 524 g/mol. The Kier molecular flexibility index (Phi) is 8.20. The van der Waals surface area contributed by atoms with Crippen molar-refractivity contribution in [2.24, 2.45) is 0 Å². The number of benzene rings is 4. The molecule has 0 heterocycles. The zero-order chi connectivity index (χ0) is 32.2. The van der Waals surface area contributed by atoms with Gasteiger partial charge in [-0.15, -0.1) is 0 Å². The summed E-state index contributed by atoms with van der Waals surface area (Å²) in [6, 6.07) is 29.8. The molecule has 4 rings (SSSR count). The van der Waals surface area contributed by atoms with Crippen LogP contribution in [0, 0.1) is 0 Å². The maximum atomic E-state index is 14.1. The van der Waals surface area contributed by atoms with Crippen molar-refractivity contribution < 1.29 is 10.2 Å². The quantitative estimate of drug-likeness (QED) is 0.218. The summed E-state index contributed by atoms with van der Waals surface area (Å²) < 4.78 is 0. The minimum absolute atomic E-state index is 0.111. The fourth-order valence-electron chi connectivity index (χ4n) is 6.30. The van der Waals surface area contributed by atoms with Crippen LogP contribution in [0.3, 0.4) is 0 Å². The molecule has 0 amide bonds. The van der Waals surface area contributed by atoms with Gasteiger partial charge in [0.2, 0.25) is 0 Å². The van der Waals surface area contributed by atoms with Gasteiger partial charge in [-0.25, -0.2) is 0 Å². The van der Waals surface area contributed by atoms with Gasteiger partial charge < -0.3 is 0 Å². The van der Waals surface area contributed by atoms with Crippen molar-refractivity contribution in [2.45, 2.75) is 110 Å². The van der Waals surface area contributed by atoms with E-state index in [2.05, 4.69) is 156 Å². The third-order valence-electron chi connectivity index (χ3n) is 8.69. The Balaban J connectivity index is 2.37. The van der Waals surface area contributed by atoms with Crippen LogP contribution in [-0.4, -0.2) is 0 Å². The molecule has 0 aliphatic heterocycles. The van der Waals surface area contributed by atoms with Crippen molar-refractivity contribution in [3.8, 4) is 11.5 Å². The van der Waals surface area contributed by atoms with Gasteiger partial charge in [-0.05, 0) is 68.2 Å². The van der Waals surface area contributed by atoms with Crippen LogP contribution >= 0.6 is 0 Å². The summed E-state index contributed by atoms with van der Waals surface area (Å²) in [5, 5.41) is 28.3. The van der Waals surface area contributed by atoms with Crippen LogP contribution in [0.15, 0.2) is 84.9 Å². The Morgan fingerprint density at radius 2 is 0.581 bits per heavy atom. The summed E-state index contributed by atoms with van der Waals surface area (Å²) in [5.74, 6) is 0.221. The lowest BCUT2D eigenvalue weighted by molar-refractivity contribution is 0.326. The van der Waals surface area contributed by atoms with E-state index in [1.54, 1.807) is 0 Å². The molecule has 0 spiro atoms. The summed E-state index contributed by atoms with van der Waals surface area (Å²) in [7, 11) is 0. The monoisotopic (exact) mass is 574 g/mol.